The molecule has 0 saturated carbocycles. The molecule has 0 spiro atoms. The van der Waals surface area contributed by atoms with E-state index in [4.69, 9.17) is 4.74 Å². The summed E-state index contributed by atoms with van der Waals surface area (Å²) in [5.74, 6) is -0.327. The van der Waals surface area contributed by atoms with Gasteiger partial charge in [0, 0.05) is 17.0 Å². The average Bonchev–Trinajstić information content (AvgIpc) is 2.67. The Morgan fingerprint density at radius 1 is 0.875 bits per heavy atom. The summed E-state index contributed by atoms with van der Waals surface area (Å²) in [6.07, 6.45) is 1.82. The molecule has 0 radical (unpaired) electrons. The molecule has 0 N–H and O–H groups in total. The van der Waals surface area contributed by atoms with Gasteiger partial charge in [-0.2, -0.15) is 0 Å². The highest BCUT2D eigenvalue weighted by molar-refractivity contribution is 6.12. The van der Waals surface area contributed by atoms with Crippen LogP contribution in [-0.2, 0) is 4.74 Å². The van der Waals surface area contributed by atoms with Crippen LogP contribution in [0.25, 0.3) is 32.8 Å². The molecule has 1 heterocycles. The van der Waals surface area contributed by atoms with Crippen LogP contribution in [0, 0.1) is 0 Å². The number of rotatable bonds is 2. The summed E-state index contributed by atoms with van der Waals surface area (Å²) in [5.41, 5.74) is 3.69. The number of fused-ring (bicyclic) bond motifs is 3. The quantitative estimate of drug-likeness (QED) is 0.392. The van der Waals surface area contributed by atoms with Crippen molar-refractivity contribution < 1.29 is 9.53 Å². The van der Waals surface area contributed by atoms with Gasteiger partial charge in [0.05, 0.1) is 18.2 Å². The number of esters is 1. The first-order chi connectivity index (χ1) is 11.8. The summed E-state index contributed by atoms with van der Waals surface area (Å²) >= 11 is 0. The predicted octanol–water partition coefficient (Wildman–Crippen LogP) is 4.84. The molecule has 0 saturated heterocycles. The Hall–Kier alpha value is -3.20. The fourth-order valence-corrected chi connectivity index (χ4v) is 3.06. The maximum absolute atomic E-state index is 11.6. The summed E-state index contributed by atoms with van der Waals surface area (Å²) in [6, 6.07) is 21.9. The van der Waals surface area contributed by atoms with E-state index in [2.05, 4.69) is 35.3 Å². The molecule has 1 aromatic heterocycles. The highest BCUT2D eigenvalue weighted by atomic mass is 16.5. The molecule has 3 nitrogen and oxygen atoms in total. The molecule has 3 aromatic carbocycles. The van der Waals surface area contributed by atoms with E-state index in [1.165, 1.54) is 7.11 Å². The van der Waals surface area contributed by atoms with E-state index in [0.717, 1.165) is 32.8 Å². The number of hydrogen-bond acceptors (Lipinski definition) is 3. The highest BCUT2D eigenvalue weighted by Crippen LogP contribution is 2.33. The molecule has 0 amide bonds. The van der Waals surface area contributed by atoms with Gasteiger partial charge >= 0.3 is 5.97 Å². The van der Waals surface area contributed by atoms with Gasteiger partial charge in [0.1, 0.15) is 0 Å². The average molecular weight is 313 g/mol. The summed E-state index contributed by atoms with van der Waals surface area (Å²) in [6.45, 7) is 0. The number of hydrogen-bond donors (Lipinski definition) is 0. The fraction of sp³-hybridized carbons (Fsp3) is 0.0476. The largest absolute Gasteiger partial charge is 0.465 e. The fourth-order valence-electron chi connectivity index (χ4n) is 3.06. The first-order valence-corrected chi connectivity index (χ1v) is 7.73. The minimum atomic E-state index is -0.327. The third-order valence-electron chi connectivity index (χ3n) is 4.23. The van der Waals surface area contributed by atoms with Gasteiger partial charge in [-0.3, -0.25) is 4.98 Å². The lowest BCUT2D eigenvalue weighted by Gasteiger charge is -2.10. The van der Waals surface area contributed by atoms with Crippen LogP contribution in [0.15, 0.2) is 72.9 Å². The zero-order valence-corrected chi connectivity index (χ0v) is 13.2. The van der Waals surface area contributed by atoms with Crippen molar-refractivity contribution in [2.24, 2.45) is 0 Å². The van der Waals surface area contributed by atoms with Gasteiger partial charge in [-0.25, -0.2) is 4.79 Å². The van der Waals surface area contributed by atoms with Crippen molar-refractivity contribution in [1.82, 2.24) is 4.98 Å². The second-order valence-electron chi connectivity index (χ2n) is 5.61. The standard InChI is InChI=1S/C21H15NO2/c1-24-21(23)17-11-7-14(8-12-17)18-6-2-4-15-9-10-16-5-3-13-22-20(16)19(15)18/h2-13H,1H3. The lowest BCUT2D eigenvalue weighted by molar-refractivity contribution is 0.0601. The zero-order valence-electron chi connectivity index (χ0n) is 13.2. The van der Waals surface area contributed by atoms with Crippen molar-refractivity contribution in [2.45, 2.75) is 0 Å². The molecular weight excluding hydrogens is 298 g/mol. The van der Waals surface area contributed by atoms with E-state index in [1.807, 2.05) is 30.5 Å². The number of nitrogens with zero attached hydrogens (tertiary/aromatic N) is 1. The van der Waals surface area contributed by atoms with Gasteiger partial charge in [0.15, 0.2) is 0 Å². The Morgan fingerprint density at radius 3 is 2.42 bits per heavy atom. The Labute approximate surface area is 139 Å². The molecule has 0 unspecified atom stereocenters. The SMILES string of the molecule is COC(=O)c1ccc(-c2cccc3ccc4cccnc4c23)cc1. The number of pyridine rings is 1. The van der Waals surface area contributed by atoms with Gasteiger partial charge in [0.2, 0.25) is 0 Å². The molecule has 3 heteroatoms. The monoisotopic (exact) mass is 313 g/mol. The molecule has 0 bridgehead atoms. The van der Waals surface area contributed by atoms with E-state index in [9.17, 15) is 4.79 Å². The number of carbonyl (C=O) groups excluding carboxylic acids is 1. The number of aromatic nitrogens is 1. The van der Waals surface area contributed by atoms with E-state index in [0.29, 0.717) is 5.56 Å². The number of ether oxygens (including phenoxy) is 1. The number of benzene rings is 3. The molecule has 4 aromatic rings. The summed E-state index contributed by atoms with van der Waals surface area (Å²) in [7, 11) is 1.39. The van der Waals surface area contributed by atoms with Gasteiger partial charge in [-0.05, 0) is 34.7 Å². The van der Waals surface area contributed by atoms with E-state index in [1.54, 1.807) is 12.1 Å². The van der Waals surface area contributed by atoms with Crippen LogP contribution in [0.3, 0.4) is 0 Å². The van der Waals surface area contributed by atoms with E-state index in [-0.39, 0.29) is 5.97 Å². The normalized spacial score (nSPS) is 10.9. The van der Waals surface area contributed by atoms with Gasteiger partial charge < -0.3 is 4.74 Å². The van der Waals surface area contributed by atoms with Crippen molar-refractivity contribution >= 4 is 27.6 Å². The van der Waals surface area contributed by atoms with Crippen LogP contribution in [0.1, 0.15) is 10.4 Å². The minimum Gasteiger partial charge on any atom is -0.465 e. The minimum absolute atomic E-state index is 0.327. The van der Waals surface area contributed by atoms with Crippen LogP contribution in [0.2, 0.25) is 0 Å². The van der Waals surface area contributed by atoms with Crippen molar-refractivity contribution in [1.29, 1.82) is 0 Å². The van der Waals surface area contributed by atoms with Crippen LogP contribution in [0.4, 0.5) is 0 Å². The maximum atomic E-state index is 11.6. The van der Waals surface area contributed by atoms with Gasteiger partial charge in [-0.1, -0.05) is 48.5 Å². The van der Waals surface area contributed by atoms with Gasteiger partial charge in [-0.15, -0.1) is 0 Å². The van der Waals surface area contributed by atoms with Crippen LogP contribution < -0.4 is 0 Å². The lowest BCUT2D eigenvalue weighted by atomic mass is 9.95. The third-order valence-corrected chi connectivity index (χ3v) is 4.23. The summed E-state index contributed by atoms with van der Waals surface area (Å²) < 4.78 is 4.76. The zero-order chi connectivity index (χ0) is 16.5. The summed E-state index contributed by atoms with van der Waals surface area (Å²) in [4.78, 5) is 16.2. The molecule has 0 fully saturated rings. The second kappa shape index (κ2) is 5.78. The topological polar surface area (TPSA) is 39.2 Å². The van der Waals surface area contributed by atoms with Crippen LogP contribution in [-0.4, -0.2) is 18.1 Å². The van der Waals surface area contributed by atoms with Gasteiger partial charge in [0.25, 0.3) is 0 Å². The maximum Gasteiger partial charge on any atom is 0.337 e. The number of methoxy groups -OCH3 is 1. The molecule has 0 aliphatic carbocycles. The number of carbonyl (C=O) groups is 1. The Kier molecular flexibility index (Phi) is 3.47. The molecule has 0 aliphatic heterocycles. The highest BCUT2D eigenvalue weighted by Gasteiger charge is 2.10. The van der Waals surface area contributed by atoms with Crippen LogP contribution in [0.5, 0.6) is 0 Å². The molecule has 0 atom stereocenters. The van der Waals surface area contributed by atoms with E-state index >= 15 is 0 Å². The second-order valence-corrected chi connectivity index (χ2v) is 5.61. The molecular formula is C21H15NO2. The Balaban J connectivity index is 1.96. The molecule has 24 heavy (non-hydrogen) atoms. The molecule has 116 valence electrons. The summed E-state index contributed by atoms with van der Waals surface area (Å²) in [5, 5.41) is 3.39. The van der Waals surface area contributed by atoms with E-state index < -0.39 is 0 Å². The van der Waals surface area contributed by atoms with Crippen molar-refractivity contribution in [3.63, 3.8) is 0 Å². The van der Waals surface area contributed by atoms with Crippen molar-refractivity contribution in [3.05, 3.63) is 78.5 Å². The Morgan fingerprint density at radius 2 is 1.62 bits per heavy atom. The lowest BCUT2D eigenvalue weighted by Crippen LogP contribution is -2.00. The smallest absolute Gasteiger partial charge is 0.337 e. The van der Waals surface area contributed by atoms with Crippen LogP contribution >= 0.6 is 0 Å². The first kappa shape index (κ1) is 14.4. The molecule has 0 aliphatic rings. The van der Waals surface area contributed by atoms with Crippen molar-refractivity contribution in [2.75, 3.05) is 7.11 Å². The predicted molar refractivity (Wildman–Crippen MR) is 96.0 cm³/mol. The Bertz CT molecular complexity index is 1050. The molecule has 4 rings (SSSR count). The van der Waals surface area contributed by atoms with Crippen molar-refractivity contribution in [3.8, 4) is 11.1 Å². The third kappa shape index (κ3) is 2.31. The first-order valence-electron chi connectivity index (χ1n) is 7.73.